The molecule has 0 saturated heterocycles. The van der Waals surface area contributed by atoms with Gasteiger partial charge < -0.3 is 4.57 Å². The zero-order valence-electron chi connectivity index (χ0n) is 19.3. The Labute approximate surface area is 199 Å². The number of halogens is 1. The molecule has 1 N–H and O–H groups in total. The van der Waals surface area contributed by atoms with Crippen molar-refractivity contribution in [1.29, 1.82) is 0 Å². The van der Waals surface area contributed by atoms with Crippen molar-refractivity contribution in [2.45, 2.75) is 27.7 Å². The number of anilines is 1. The molecule has 0 fully saturated rings. The van der Waals surface area contributed by atoms with E-state index in [1.54, 1.807) is 25.3 Å². The summed E-state index contributed by atoms with van der Waals surface area (Å²) in [5.74, 6) is -0.566. The van der Waals surface area contributed by atoms with Gasteiger partial charge >= 0.3 is 0 Å². The molecular formula is C24H27ClN4O3S. The highest BCUT2D eigenvalue weighted by molar-refractivity contribution is 7.92. The lowest BCUT2D eigenvalue weighted by molar-refractivity contribution is -0.119. The number of sulfonamides is 1. The van der Waals surface area contributed by atoms with Crippen LogP contribution in [0.5, 0.6) is 0 Å². The molecule has 0 atom stereocenters. The molecule has 0 saturated carbocycles. The number of carbonyl (C=O) groups is 1. The van der Waals surface area contributed by atoms with Crippen molar-refractivity contribution in [3.8, 4) is 5.69 Å². The fourth-order valence-corrected chi connectivity index (χ4v) is 4.65. The highest BCUT2D eigenvalue weighted by Gasteiger charge is 2.22. The molecule has 3 rings (SSSR count). The van der Waals surface area contributed by atoms with Crippen LogP contribution in [0.1, 0.15) is 28.1 Å². The standard InChI is InChI=1S/C24H27ClN4O3S/c1-16-6-10-22(11-7-16)29-18(3)12-20(19(29)4)14-26-27-24(30)15-28(33(5,31)32)23-13-21(25)9-8-17(23)2/h6-14H,15H2,1-5H3,(H,27,30)/b26-14-. The van der Waals surface area contributed by atoms with E-state index >= 15 is 0 Å². The van der Waals surface area contributed by atoms with Crippen LogP contribution in [0, 0.1) is 27.7 Å². The highest BCUT2D eigenvalue weighted by atomic mass is 35.5. The van der Waals surface area contributed by atoms with Crippen LogP contribution in [-0.2, 0) is 14.8 Å². The molecule has 0 radical (unpaired) electrons. The molecule has 0 unspecified atom stereocenters. The number of nitrogens with one attached hydrogen (secondary N) is 1. The van der Waals surface area contributed by atoms with Crippen LogP contribution in [0.4, 0.5) is 5.69 Å². The lowest BCUT2D eigenvalue weighted by Crippen LogP contribution is -2.39. The van der Waals surface area contributed by atoms with Gasteiger partial charge in [-0.3, -0.25) is 9.10 Å². The molecule has 2 aromatic carbocycles. The second-order valence-electron chi connectivity index (χ2n) is 7.99. The summed E-state index contributed by atoms with van der Waals surface area (Å²) in [7, 11) is -3.71. The molecule has 0 aliphatic rings. The first kappa shape index (κ1) is 24.5. The molecule has 0 bridgehead atoms. The zero-order chi connectivity index (χ0) is 24.3. The summed E-state index contributed by atoms with van der Waals surface area (Å²) in [5, 5.41) is 4.43. The van der Waals surface area contributed by atoms with E-state index in [4.69, 9.17) is 11.6 Å². The van der Waals surface area contributed by atoms with Gasteiger partial charge in [-0.05, 0) is 63.6 Å². The number of carbonyl (C=O) groups excluding carboxylic acids is 1. The monoisotopic (exact) mass is 486 g/mol. The van der Waals surface area contributed by atoms with E-state index in [0.29, 0.717) is 16.3 Å². The average Bonchev–Trinajstić information content (AvgIpc) is 3.01. The molecule has 0 aliphatic heterocycles. The lowest BCUT2D eigenvalue weighted by atomic mass is 10.2. The third kappa shape index (κ3) is 5.83. The quantitative estimate of drug-likeness (QED) is 0.399. The van der Waals surface area contributed by atoms with Crippen molar-refractivity contribution in [2.24, 2.45) is 5.10 Å². The Morgan fingerprint density at radius 3 is 2.39 bits per heavy atom. The van der Waals surface area contributed by atoms with Gasteiger partial charge in [-0.1, -0.05) is 35.4 Å². The lowest BCUT2D eigenvalue weighted by Gasteiger charge is -2.23. The average molecular weight is 487 g/mol. The topological polar surface area (TPSA) is 83.8 Å². The normalized spacial score (nSPS) is 11.7. The maximum atomic E-state index is 12.5. The van der Waals surface area contributed by atoms with Gasteiger partial charge in [0.1, 0.15) is 6.54 Å². The van der Waals surface area contributed by atoms with Gasteiger partial charge in [0, 0.05) is 27.7 Å². The second kappa shape index (κ2) is 9.80. The first-order valence-electron chi connectivity index (χ1n) is 10.3. The van der Waals surface area contributed by atoms with E-state index in [1.165, 1.54) is 11.6 Å². The first-order chi connectivity index (χ1) is 15.5. The van der Waals surface area contributed by atoms with E-state index in [0.717, 1.165) is 33.2 Å². The van der Waals surface area contributed by atoms with Crippen LogP contribution in [0.25, 0.3) is 5.69 Å². The molecular weight excluding hydrogens is 460 g/mol. The van der Waals surface area contributed by atoms with E-state index in [-0.39, 0.29) is 0 Å². The minimum absolute atomic E-state index is 0.353. The van der Waals surface area contributed by atoms with Crippen molar-refractivity contribution in [1.82, 2.24) is 9.99 Å². The van der Waals surface area contributed by atoms with Gasteiger partial charge in [0.15, 0.2) is 0 Å². The maximum Gasteiger partial charge on any atom is 0.260 e. The Balaban J connectivity index is 1.76. The minimum atomic E-state index is -3.71. The van der Waals surface area contributed by atoms with E-state index < -0.39 is 22.5 Å². The molecule has 3 aromatic rings. The molecule has 9 heteroatoms. The Bertz CT molecular complexity index is 1310. The molecule has 0 spiro atoms. The summed E-state index contributed by atoms with van der Waals surface area (Å²) in [4.78, 5) is 12.5. The van der Waals surface area contributed by atoms with Gasteiger partial charge in [0.2, 0.25) is 10.0 Å². The van der Waals surface area contributed by atoms with E-state index in [9.17, 15) is 13.2 Å². The largest absolute Gasteiger partial charge is 0.318 e. The fraction of sp³-hybridized carbons (Fsp3) is 0.250. The Hall–Kier alpha value is -3.10. The van der Waals surface area contributed by atoms with Crippen molar-refractivity contribution in [3.63, 3.8) is 0 Å². The first-order valence-corrected chi connectivity index (χ1v) is 12.5. The second-order valence-corrected chi connectivity index (χ2v) is 10.3. The summed E-state index contributed by atoms with van der Waals surface area (Å²) in [6.45, 7) is 7.35. The van der Waals surface area contributed by atoms with Gasteiger partial charge in [0.05, 0.1) is 18.2 Å². The van der Waals surface area contributed by atoms with Gasteiger partial charge in [-0.25, -0.2) is 13.8 Å². The van der Waals surface area contributed by atoms with Crippen molar-refractivity contribution in [2.75, 3.05) is 17.1 Å². The minimum Gasteiger partial charge on any atom is -0.318 e. The summed E-state index contributed by atoms with van der Waals surface area (Å²) >= 11 is 6.03. The smallest absolute Gasteiger partial charge is 0.260 e. The third-order valence-electron chi connectivity index (χ3n) is 5.28. The Morgan fingerprint density at radius 1 is 1.09 bits per heavy atom. The predicted octanol–water partition coefficient (Wildman–Crippen LogP) is 4.28. The fourth-order valence-electron chi connectivity index (χ4n) is 3.58. The number of benzene rings is 2. The molecule has 1 amide bonds. The number of hydrogen-bond acceptors (Lipinski definition) is 4. The van der Waals surface area contributed by atoms with Gasteiger partial charge in [-0.15, -0.1) is 0 Å². The number of amides is 1. The number of aryl methyl sites for hydroxylation is 3. The summed E-state index contributed by atoms with van der Waals surface area (Å²) < 4.78 is 27.8. The Morgan fingerprint density at radius 2 is 1.76 bits per heavy atom. The number of aromatic nitrogens is 1. The van der Waals surface area contributed by atoms with Crippen LogP contribution >= 0.6 is 11.6 Å². The van der Waals surface area contributed by atoms with Crippen molar-refractivity contribution < 1.29 is 13.2 Å². The van der Waals surface area contributed by atoms with Gasteiger partial charge in [-0.2, -0.15) is 5.10 Å². The number of nitrogens with zero attached hydrogens (tertiary/aromatic N) is 3. The summed E-state index contributed by atoms with van der Waals surface area (Å²) in [5.41, 5.74) is 8.54. The zero-order valence-corrected chi connectivity index (χ0v) is 20.8. The SMILES string of the molecule is Cc1ccc(-n2c(C)cc(/C=N\NC(=O)CN(c3cc(Cl)ccc3C)S(C)(=O)=O)c2C)cc1. The highest BCUT2D eigenvalue weighted by Crippen LogP contribution is 2.26. The molecule has 174 valence electrons. The van der Waals surface area contributed by atoms with E-state index in [1.807, 2.05) is 26.8 Å². The van der Waals surface area contributed by atoms with Crippen LogP contribution in [0.3, 0.4) is 0 Å². The molecule has 0 aliphatic carbocycles. The predicted molar refractivity (Wildman–Crippen MR) is 134 cm³/mol. The maximum absolute atomic E-state index is 12.5. The van der Waals surface area contributed by atoms with Crippen molar-refractivity contribution >= 4 is 39.4 Å². The third-order valence-corrected chi connectivity index (χ3v) is 6.64. The summed E-state index contributed by atoms with van der Waals surface area (Å²) in [6.07, 6.45) is 2.60. The molecule has 33 heavy (non-hydrogen) atoms. The number of hydrazone groups is 1. The Kier molecular flexibility index (Phi) is 7.29. The summed E-state index contributed by atoms with van der Waals surface area (Å²) in [6, 6.07) is 15.1. The van der Waals surface area contributed by atoms with E-state index in [2.05, 4.69) is 39.4 Å². The van der Waals surface area contributed by atoms with Crippen LogP contribution in [0.15, 0.2) is 53.6 Å². The van der Waals surface area contributed by atoms with Crippen LogP contribution in [0.2, 0.25) is 5.02 Å². The van der Waals surface area contributed by atoms with Crippen LogP contribution in [-0.4, -0.2) is 37.9 Å². The van der Waals surface area contributed by atoms with Gasteiger partial charge in [0.25, 0.3) is 5.91 Å². The number of rotatable bonds is 7. The molecule has 7 nitrogen and oxygen atoms in total. The number of hydrogen-bond donors (Lipinski definition) is 1. The van der Waals surface area contributed by atoms with Crippen molar-refractivity contribution in [3.05, 3.63) is 81.6 Å². The molecule has 1 heterocycles. The molecule has 1 aromatic heterocycles. The van der Waals surface area contributed by atoms with Crippen LogP contribution < -0.4 is 9.73 Å².